The van der Waals surface area contributed by atoms with E-state index in [1.54, 1.807) is 0 Å². The smallest absolute Gasteiger partial charge is 0.264 e. The quantitative estimate of drug-likeness (QED) is 0.938. The number of aryl methyl sites for hydroxylation is 2. The number of halogens is 1. The Morgan fingerprint density at radius 3 is 2.45 bits per heavy atom. The Balaban J connectivity index is 2.47. The maximum Gasteiger partial charge on any atom is 0.264 e. The van der Waals surface area contributed by atoms with Gasteiger partial charge in [0.15, 0.2) is 0 Å². The summed E-state index contributed by atoms with van der Waals surface area (Å²) in [7, 11) is -3.92. The summed E-state index contributed by atoms with van der Waals surface area (Å²) in [6, 6.07) is 10.9. The Kier molecular flexibility index (Phi) is 4.09. The first-order valence-electron chi connectivity index (χ1n) is 6.31. The highest BCUT2D eigenvalue weighted by Crippen LogP contribution is 2.25. The van der Waals surface area contributed by atoms with Crippen LogP contribution in [0, 0.1) is 12.7 Å². The molecule has 0 bridgehead atoms. The fraction of sp³-hybridized carbons (Fsp3) is 0.200. The predicted octanol–water partition coefficient (Wildman–Crippen LogP) is 3.50. The Hall–Kier alpha value is -1.88. The van der Waals surface area contributed by atoms with Crippen molar-refractivity contribution in [2.24, 2.45) is 0 Å². The number of anilines is 1. The third kappa shape index (κ3) is 2.82. The van der Waals surface area contributed by atoms with Gasteiger partial charge < -0.3 is 0 Å². The minimum Gasteiger partial charge on any atom is -0.279 e. The third-order valence-electron chi connectivity index (χ3n) is 3.10. The second-order valence-electron chi connectivity index (χ2n) is 4.50. The van der Waals surface area contributed by atoms with Gasteiger partial charge in [-0.1, -0.05) is 37.3 Å². The normalized spacial score (nSPS) is 11.3. The molecule has 0 spiro atoms. The number of nitrogens with one attached hydrogen (secondary N) is 1. The first-order valence-corrected chi connectivity index (χ1v) is 7.80. The number of para-hydroxylation sites is 1. The molecule has 0 atom stereocenters. The van der Waals surface area contributed by atoms with Crippen molar-refractivity contribution in [1.82, 2.24) is 0 Å². The molecule has 2 aromatic carbocycles. The Morgan fingerprint density at radius 1 is 1.10 bits per heavy atom. The molecule has 0 aliphatic rings. The van der Waals surface area contributed by atoms with Crippen LogP contribution < -0.4 is 4.72 Å². The zero-order valence-electron chi connectivity index (χ0n) is 11.4. The Morgan fingerprint density at radius 2 is 1.80 bits per heavy atom. The fourth-order valence-corrected chi connectivity index (χ4v) is 3.27. The monoisotopic (exact) mass is 293 g/mol. The first kappa shape index (κ1) is 14.5. The summed E-state index contributed by atoms with van der Waals surface area (Å²) in [6.07, 6.45) is 0.691. The fourth-order valence-electron chi connectivity index (χ4n) is 2.02. The molecule has 0 unspecified atom stereocenters. The molecule has 3 nitrogen and oxygen atoms in total. The molecule has 2 rings (SSSR count). The summed E-state index contributed by atoms with van der Waals surface area (Å²) in [6.45, 7) is 3.76. The SMILES string of the molecule is CCc1cccc(C)c1NS(=O)(=O)c1ccccc1F. The van der Waals surface area contributed by atoms with Gasteiger partial charge in [0.2, 0.25) is 0 Å². The molecule has 2 aromatic rings. The molecule has 1 N–H and O–H groups in total. The number of sulfonamides is 1. The third-order valence-corrected chi connectivity index (χ3v) is 4.49. The van der Waals surface area contributed by atoms with E-state index < -0.39 is 15.8 Å². The van der Waals surface area contributed by atoms with Crippen molar-refractivity contribution in [3.8, 4) is 0 Å². The van der Waals surface area contributed by atoms with E-state index in [1.165, 1.54) is 18.2 Å². The molecule has 0 aromatic heterocycles. The molecule has 0 fully saturated rings. The largest absolute Gasteiger partial charge is 0.279 e. The summed E-state index contributed by atoms with van der Waals surface area (Å²) >= 11 is 0. The first-order chi connectivity index (χ1) is 9.45. The van der Waals surface area contributed by atoms with E-state index >= 15 is 0 Å². The van der Waals surface area contributed by atoms with Crippen molar-refractivity contribution >= 4 is 15.7 Å². The van der Waals surface area contributed by atoms with Crippen LogP contribution in [0.25, 0.3) is 0 Å². The van der Waals surface area contributed by atoms with Crippen LogP contribution >= 0.6 is 0 Å². The number of rotatable bonds is 4. The molecule has 5 heteroatoms. The molecule has 0 heterocycles. The van der Waals surface area contributed by atoms with Gasteiger partial charge in [-0.05, 0) is 36.6 Å². The summed E-state index contributed by atoms with van der Waals surface area (Å²) < 4.78 is 40.7. The highest BCUT2D eigenvalue weighted by Gasteiger charge is 2.20. The minimum atomic E-state index is -3.92. The van der Waals surface area contributed by atoms with Crippen LogP contribution in [0.4, 0.5) is 10.1 Å². The highest BCUT2D eigenvalue weighted by atomic mass is 32.2. The van der Waals surface area contributed by atoms with E-state index in [0.717, 1.165) is 17.2 Å². The molecule has 0 saturated carbocycles. The van der Waals surface area contributed by atoms with Gasteiger partial charge in [0.05, 0.1) is 5.69 Å². The predicted molar refractivity (Wildman–Crippen MR) is 77.8 cm³/mol. The second-order valence-corrected chi connectivity index (χ2v) is 6.15. The standard InChI is InChI=1S/C15H16FNO2S/c1-3-12-8-6-7-11(2)15(12)17-20(18,19)14-10-5-4-9-13(14)16/h4-10,17H,3H2,1-2H3. The van der Waals surface area contributed by atoms with Crippen LogP contribution in [-0.4, -0.2) is 8.42 Å². The van der Waals surface area contributed by atoms with Crippen molar-refractivity contribution in [3.63, 3.8) is 0 Å². The summed E-state index contributed by atoms with van der Waals surface area (Å²) in [5, 5.41) is 0. The molecule has 0 saturated heterocycles. The van der Waals surface area contributed by atoms with Gasteiger partial charge >= 0.3 is 0 Å². The maximum atomic E-state index is 13.7. The molecular weight excluding hydrogens is 277 g/mol. The van der Waals surface area contributed by atoms with E-state index in [9.17, 15) is 12.8 Å². The van der Waals surface area contributed by atoms with Crippen LogP contribution in [0.15, 0.2) is 47.4 Å². The van der Waals surface area contributed by atoms with E-state index in [4.69, 9.17) is 0 Å². The van der Waals surface area contributed by atoms with Gasteiger partial charge in [-0.15, -0.1) is 0 Å². The molecule has 106 valence electrons. The van der Waals surface area contributed by atoms with Gasteiger partial charge in [-0.3, -0.25) is 4.72 Å². The molecule has 20 heavy (non-hydrogen) atoms. The van der Waals surface area contributed by atoms with Crippen LogP contribution in [-0.2, 0) is 16.4 Å². The van der Waals surface area contributed by atoms with Gasteiger partial charge in [-0.25, -0.2) is 12.8 Å². The molecule has 0 amide bonds. The molecule has 0 aliphatic carbocycles. The van der Waals surface area contributed by atoms with Crippen LogP contribution in [0.3, 0.4) is 0 Å². The van der Waals surface area contributed by atoms with E-state index in [1.807, 2.05) is 32.0 Å². The minimum absolute atomic E-state index is 0.342. The van der Waals surface area contributed by atoms with Gasteiger partial charge in [0, 0.05) is 0 Å². The maximum absolute atomic E-state index is 13.7. The lowest BCUT2D eigenvalue weighted by Gasteiger charge is -2.14. The Labute approximate surface area is 118 Å². The topological polar surface area (TPSA) is 46.2 Å². The number of hydrogen-bond acceptors (Lipinski definition) is 2. The van der Waals surface area contributed by atoms with Gasteiger partial charge in [0.25, 0.3) is 10.0 Å². The van der Waals surface area contributed by atoms with Crippen LogP contribution in [0.1, 0.15) is 18.1 Å². The number of benzene rings is 2. The zero-order valence-corrected chi connectivity index (χ0v) is 12.2. The number of hydrogen-bond donors (Lipinski definition) is 1. The van der Waals surface area contributed by atoms with Crippen molar-refractivity contribution in [2.45, 2.75) is 25.2 Å². The van der Waals surface area contributed by atoms with Crippen LogP contribution in [0.5, 0.6) is 0 Å². The molecular formula is C15H16FNO2S. The second kappa shape index (κ2) is 5.63. The average molecular weight is 293 g/mol. The van der Waals surface area contributed by atoms with E-state index in [0.29, 0.717) is 12.1 Å². The van der Waals surface area contributed by atoms with Gasteiger partial charge in [0.1, 0.15) is 10.7 Å². The molecule has 0 radical (unpaired) electrons. The Bertz CT molecular complexity index is 726. The van der Waals surface area contributed by atoms with Crippen LogP contribution in [0.2, 0.25) is 0 Å². The van der Waals surface area contributed by atoms with Crippen molar-refractivity contribution in [3.05, 3.63) is 59.4 Å². The van der Waals surface area contributed by atoms with Crippen molar-refractivity contribution in [1.29, 1.82) is 0 Å². The van der Waals surface area contributed by atoms with Crippen molar-refractivity contribution < 1.29 is 12.8 Å². The zero-order chi connectivity index (χ0) is 14.8. The van der Waals surface area contributed by atoms with Crippen molar-refractivity contribution in [2.75, 3.05) is 4.72 Å². The lowest BCUT2D eigenvalue weighted by Crippen LogP contribution is -2.16. The van der Waals surface area contributed by atoms with E-state index in [2.05, 4.69) is 4.72 Å². The lowest BCUT2D eigenvalue weighted by atomic mass is 10.1. The molecule has 0 aliphatic heterocycles. The summed E-state index contributed by atoms with van der Waals surface area (Å²) in [4.78, 5) is -0.342. The summed E-state index contributed by atoms with van der Waals surface area (Å²) in [5.74, 6) is -0.758. The van der Waals surface area contributed by atoms with E-state index in [-0.39, 0.29) is 4.90 Å². The average Bonchev–Trinajstić information content (AvgIpc) is 2.41. The summed E-state index contributed by atoms with van der Waals surface area (Å²) in [5.41, 5.74) is 2.22. The lowest BCUT2D eigenvalue weighted by molar-refractivity contribution is 0.570. The van der Waals surface area contributed by atoms with Gasteiger partial charge in [-0.2, -0.15) is 0 Å². The highest BCUT2D eigenvalue weighted by molar-refractivity contribution is 7.92.